The lowest BCUT2D eigenvalue weighted by atomic mass is 10.1. The van der Waals surface area contributed by atoms with E-state index in [1.165, 1.54) is 0 Å². The summed E-state index contributed by atoms with van der Waals surface area (Å²) in [7, 11) is 0. The molecule has 8 nitrogen and oxygen atoms in total. The quantitative estimate of drug-likeness (QED) is 0.371. The summed E-state index contributed by atoms with van der Waals surface area (Å²) in [4.78, 5) is 9.29. The molecule has 3 aromatic heterocycles. The van der Waals surface area contributed by atoms with Gasteiger partial charge in [-0.15, -0.1) is 0 Å². The largest absolute Gasteiger partial charge is 0.464 e. The number of anilines is 2. The monoisotopic (exact) mass is 420 g/mol. The molecule has 3 N–H and O–H groups in total. The SMILES string of the molecule is CCC(CO)Nc1nc(NCc2ccc(-c3ccco3)cc2)n2ncc(C(C)C)c2n1. The van der Waals surface area contributed by atoms with Crippen LogP contribution >= 0.6 is 0 Å². The number of benzene rings is 1. The highest BCUT2D eigenvalue weighted by atomic mass is 16.3. The maximum absolute atomic E-state index is 9.56. The van der Waals surface area contributed by atoms with Gasteiger partial charge in [-0.25, -0.2) is 0 Å². The van der Waals surface area contributed by atoms with Crippen LogP contribution in [0.2, 0.25) is 0 Å². The molecule has 162 valence electrons. The second kappa shape index (κ2) is 9.18. The Hall–Kier alpha value is -3.39. The van der Waals surface area contributed by atoms with E-state index in [4.69, 9.17) is 4.42 Å². The molecule has 4 aromatic rings. The van der Waals surface area contributed by atoms with Crippen molar-refractivity contribution in [3.05, 3.63) is 60.0 Å². The van der Waals surface area contributed by atoms with E-state index in [1.807, 2.05) is 37.4 Å². The Morgan fingerprint density at radius 1 is 1.13 bits per heavy atom. The first-order valence-corrected chi connectivity index (χ1v) is 10.6. The fourth-order valence-electron chi connectivity index (χ4n) is 3.35. The number of aliphatic hydroxyl groups excluding tert-OH is 1. The molecule has 1 aromatic carbocycles. The maximum atomic E-state index is 9.56. The molecule has 0 bridgehead atoms. The van der Waals surface area contributed by atoms with E-state index in [1.54, 1.807) is 10.8 Å². The van der Waals surface area contributed by atoms with Crippen LogP contribution in [0.25, 0.3) is 17.0 Å². The van der Waals surface area contributed by atoms with Crippen LogP contribution in [-0.2, 0) is 6.54 Å². The highest BCUT2D eigenvalue weighted by Crippen LogP contribution is 2.23. The maximum Gasteiger partial charge on any atom is 0.229 e. The number of aliphatic hydroxyl groups is 1. The Kier molecular flexibility index (Phi) is 6.18. The third kappa shape index (κ3) is 4.54. The normalized spacial score (nSPS) is 12.4. The molecule has 0 aliphatic carbocycles. The molecule has 1 atom stereocenters. The van der Waals surface area contributed by atoms with Crippen LogP contribution in [-0.4, -0.2) is 37.3 Å². The Bertz CT molecular complexity index is 1120. The van der Waals surface area contributed by atoms with Gasteiger partial charge in [0.2, 0.25) is 11.9 Å². The first-order chi connectivity index (χ1) is 15.1. The Morgan fingerprint density at radius 3 is 2.58 bits per heavy atom. The van der Waals surface area contributed by atoms with Gasteiger partial charge < -0.3 is 20.2 Å². The molecule has 0 saturated carbocycles. The topological polar surface area (TPSA) is 101 Å². The lowest BCUT2D eigenvalue weighted by Crippen LogP contribution is -2.24. The van der Waals surface area contributed by atoms with Crippen molar-refractivity contribution in [3.8, 4) is 11.3 Å². The van der Waals surface area contributed by atoms with Crippen molar-refractivity contribution in [2.75, 3.05) is 17.2 Å². The summed E-state index contributed by atoms with van der Waals surface area (Å²) >= 11 is 0. The fraction of sp³-hybridized carbons (Fsp3) is 0.348. The summed E-state index contributed by atoms with van der Waals surface area (Å²) in [6.07, 6.45) is 4.28. The average molecular weight is 421 g/mol. The van der Waals surface area contributed by atoms with Crippen molar-refractivity contribution in [1.29, 1.82) is 0 Å². The van der Waals surface area contributed by atoms with E-state index in [0.29, 0.717) is 18.4 Å². The number of nitrogens with zero attached hydrogens (tertiary/aromatic N) is 4. The zero-order valence-corrected chi connectivity index (χ0v) is 18.0. The van der Waals surface area contributed by atoms with Gasteiger partial charge in [0, 0.05) is 17.7 Å². The predicted molar refractivity (Wildman–Crippen MR) is 121 cm³/mol. The van der Waals surface area contributed by atoms with Gasteiger partial charge in [0.05, 0.1) is 25.1 Å². The third-order valence-corrected chi connectivity index (χ3v) is 5.27. The molecule has 0 spiro atoms. The molecule has 3 heterocycles. The van der Waals surface area contributed by atoms with Crippen molar-refractivity contribution in [2.45, 2.75) is 45.7 Å². The highest BCUT2D eigenvalue weighted by molar-refractivity contribution is 5.58. The first-order valence-electron chi connectivity index (χ1n) is 10.6. The second-order valence-electron chi connectivity index (χ2n) is 7.82. The number of nitrogens with one attached hydrogen (secondary N) is 2. The number of furan rings is 1. The molecule has 0 amide bonds. The van der Waals surface area contributed by atoms with Gasteiger partial charge in [-0.1, -0.05) is 45.0 Å². The lowest BCUT2D eigenvalue weighted by Gasteiger charge is -2.16. The third-order valence-electron chi connectivity index (χ3n) is 5.27. The smallest absolute Gasteiger partial charge is 0.229 e. The van der Waals surface area contributed by atoms with Crippen LogP contribution in [0, 0.1) is 0 Å². The van der Waals surface area contributed by atoms with Gasteiger partial charge in [-0.05, 0) is 30.0 Å². The summed E-state index contributed by atoms with van der Waals surface area (Å²) in [5.74, 6) is 2.20. The van der Waals surface area contributed by atoms with Crippen LogP contribution in [0.5, 0.6) is 0 Å². The Morgan fingerprint density at radius 2 is 1.94 bits per heavy atom. The molecular weight excluding hydrogens is 392 g/mol. The molecule has 1 unspecified atom stereocenters. The van der Waals surface area contributed by atoms with Gasteiger partial charge >= 0.3 is 0 Å². The second-order valence-corrected chi connectivity index (χ2v) is 7.82. The van der Waals surface area contributed by atoms with Crippen molar-refractivity contribution in [3.63, 3.8) is 0 Å². The zero-order valence-electron chi connectivity index (χ0n) is 18.0. The summed E-state index contributed by atoms with van der Waals surface area (Å²) < 4.78 is 7.19. The minimum Gasteiger partial charge on any atom is -0.464 e. The molecule has 0 aliphatic rings. The molecule has 31 heavy (non-hydrogen) atoms. The average Bonchev–Trinajstić information content (AvgIpc) is 3.46. The Labute approximate surface area is 181 Å². The summed E-state index contributed by atoms with van der Waals surface area (Å²) in [6, 6.07) is 11.9. The van der Waals surface area contributed by atoms with Gasteiger partial charge in [-0.3, -0.25) is 0 Å². The van der Waals surface area contributed by atoms with Crippen molar-refractivity contribution < 1.29 is 9.52 Å². The molecular formula is C23H28N6O2. The number of rotatable bonds is 9. The first kappa shape index (κ1) is 20.9. The van der Waals surface area contributed by atoms with Gasteiger partial charge in [-0.2, -0.15) is 19.6 Å². The standard InChI is InChI=1S/C23H28N6O2/c1-4-18(14-30)26-22-27-21-19(15(2)3)13-25-29(21)23(28-22)24-12-16-7-9-17(10-8-16)20-6-5-11-31-20/h5-11,13,15,18,30H,4,12,14H2,1-3H3,(H2,24,26,27,28). The van der Waals surface area contributed by atoms with E-state index in [2.05, 4.69) is 51.7 Å². The van der Waals surface area contributed by atoms with E-state index >= 15 is 0 Å². The lowest BCUT2D eigenvalue weighted by molar-refractivity contribution is 0.271. The molecule has 0 radical (unpaired) electrons. The molecule has 4 rings (SSSR count). The zero-order chi connectivity index (χ0) is 21.8. The van der Waals surface area contributed by atoms with Crippen molar-refractivity contribution >= 4 is 17.5 Å². The molecule has 0 aliphatic heterocycles. The van der Waals surface area contributed by atoms with Gasteiger partial charge in [0.1, 0.15) is 5.76 Å². The van der Waals surface area contributed by atoms with Crippen LogP contribution < -0.4 is 10.6 Å². The van der Waals surface area contributed by atoms with Gasteiger partial charge in [0.25, 0.3) is 0 Å². The van der Waals surface area contributed by atoms with E-state index in [9.17, 15) is 5.11 Å². The molecule has 0 saturated heterocycles. The summed E-state index contributed by atoms with van der Waals surface area (Å²) in [5, 5.41) is 20.7. The predicted octanol–water partition coefficient (Wildman–Crippen LogP) is 4.30. The minimum atomic E-state index is -0.102. The summed E-state index contributed by atoms with van der Waals surface area (Å²) in [6.45, 7) is 6.84. The Balaban J connectivity index is 1.59. The van der Waals surface area contributed by atoms with Crippen LogP contribution in [0.15, 0.2) is 53.3 Å². The number of hydrogen-bond acceptors (Lipinski definition) is 7. The van der Waals surface area contributed by atoms with Crippen LogP contribution in [0.4, 0.5) is 11.9 Å². The fourth-order valence-corrected chi connectivity index (χ4v) is 3.35. The van der Waals surface area contributed by atoms with Crippen LogP contribution in [0.3, 0.4) is 0 Å². The number of fused-ring (bicyclic) bond motifs is 1. The van der Waals surface area contributed by atoms with E-state index in [0.717, 1.165) is 34.5 Å². The van der Waals surface area contributed by atoms with Gasteiger partial charge in [0.15, 0.2) is 5.65 Å². The molecule has 0 fully saturated rings. The highest BCUT2D eigenvalue weighted by Gasteiger charge is 2.16. The van der Waals surface area contributed by atoms with Crippen LogP contribution in [0.1, 0.15) is 44.2 Å². The van der Waals surface area contributed by atoms with Crippen molar-refractivity contribution in [1.82, 2.24) is 19.6 Å². The number of aromatic nitrogens is 4. The van der Waals surface area contributed by atoms with E-state index in [-0.39, 0.29) is 18.6 Å². The number of hydrogen-bond donors (Lipinski definition) is 3. The summed E-state index contributed by atoms with van der Waals surface area (Å²) in [5.41, 5.74) is 3.95. The van der Waals surface area contributed by atoms with Crippen molar-refractivity contribution in [2.24, 2.45) is 0 Å². The molecule has 8 heteroatoms. The van der Waals surface area contributed by atoms with E-state index < -0.39 is 0 Å². The minimum absolute atomic E-state index is 0.0200.